The van der Waals surface area contributed by atoms with Crippen molar-refractivity contribution in [1.82, 2.24) is 14.8 Å². The summed E-state index contributed by atoms with van der Waals surface area (Å²) in [5.41, 5.74) is 0.0155. The fourth-order valence-electron chi connectivity index (χ4n) is 2.61. The Balaban J connectivity index is 1.60. The molecule has 0 bridgehead atoms. The van der Waals surface area contributed by atoms with Gasteiger partial charge in [-0.1, -0.05) is 39.3 Å². The topological polar surface area (TPSA) is 112 Å². The van der Waals surface area contributed by atoms with Crippen LogP contribution in [0.25, 0.3) is 0 Å². The van der Waals surface area contributed by atoms with E-state index in [4.69, 9.17) is 16.3 Å². The minimum absolute atomic E-state index is 0.0208. The lowest BCUT2D eigenvalue weighted by Gasteiger charge is -2.14. The van der Waals surface area contributed by atoms with E-state index in [-0.39, 0.29) is 34.2 Å². The molecule has 0 radical (unpaired) electrons. The van der Waals surface area contributed by atoms with Crippen LogP contribution in [0.1, 0.15) is 18.9 Å². The number of amides is 1. The number of anilines is 1. The molecule has 0 aliphatic rings. The number of nitro benzene ring substituents is 1. The van der Waals surface area contributed by atoms with Crippen LogP contribution in [0.4, 0.5) is 11.4 Å². The van der Waals surface area contributed by atoms with E-state index in [0.717, 1.165) is 4.47 Å². The normalized spacial score (nSPS) is 11.7. The number of aromatic nitrogens is 3. The van der Waals surface area contributed by atoms with Crippen molar-refractivity contribution in [3.8, 4) is 5.75 Å². The number of carbonyl (C=O) groups is 1. The Bertz CT molecular complexity index is 1110. The molecular formula is C19H17BrClN5O4S. The summed E-state index contributed by atoms with van der Waals surface area (Å²) >= 11 is 10.6. The average molecular weight is 527 g/mol. The maximum atomic E-state index is 12.3. The summed E-state index contributed by atoms with van der Waals surface area (Å²) in [6.07, 6.45) is -0.356. The van der Waals surface area contributed by atoms with Crippen molar-refractivity contribution >= 4 is 56.6 Å². The second kappa shape index (κ2) is 10.1. The monoisotopic (exact) mass is 525 g/mol. The Morgan fingerprint density at radius 2 is 2.03 bits per heavy atom. The molecule has 162 valence electrons. The predicted molar refractivity (Wildman–Crippen MR) is 122 cm³/mol. The van der Waals surface area contributed by atoms with Gasteiger partial charge in [0, 0.05) is 23.7 Å². The lowest BCUT2D eigenvalue weighted by molar-refractivity contribution is -0.384. The van der Waals surface area contributed by atoms with Crippen LogP contribution < -0.4 is 10.1 Å². The highest BCUT2D eigenvalue weighted by Crippen LogP contribution is 2.28. The molecule has 1 unspecified atom stereocenters. The van der Waals surface area contributed by atoms with Gasteiger partial charge < -0.3 is 14.6 Å². The van der Waals surface area contributed by atoms with E-state index in [0.29, 0.717) is 16.7 Å². The van der Waals surface area contributed by atoms with Crippen molar-refractivity contribution in [2.75, 3.05) is 11.1 Å². The lowest BCUT2D eigenvalue weighted by atomic mass is 10.3. The van der Waals surface area contributed by atoms with Crippen molar-refractivity contribution in [1.29, 1.82) is 0 Å². The molecule has 0 aliphatic heterocycles. The lowest BCUT2D eigenvalue weighted by Crippen LogP contribution is -2.15. The van der Waals surface area contributed by atoms with Crippen molar-refractivity contribution in [2.24, 2.45) is 7.05 Å². The van der Waals surface area contributed by atoms with Crippen molar-refractivity contribution in [2.45, 2.75) is 18.2 Å². The highest BCUT2D eigenvalue weighted by atomic mass is 79.9. The van der Waals surface area contributed by atoms with Crippen molar-refractivity contribution in [3.05, 3.63) is 67.9 Å². The average Bonchev–Trinajstić information content (AvgIpc) is 3.10. The molecule has 1 N–H and O–H groups in total. The number of thioether (sulfide) groups is 1. The summed E-state index contributed by atoms with van der Waals surface area (Å²) in [6.45, 7) is 1.86. The SMILES string of the molecule is CC(Oc1ccc(Br)cc1)c1nnc(SCC(=O)Nc2cc([N+](=O)[O-])ccc2Cl)n1C. The summed E-state index contributed by atoms with van der Waals surface area (Å²) in [4.78, 5) is 22.6. The third-order valence-corrected chi connectivity index (χ3v) is 6.00. The van der Waals surface area contributed by atoms with Crippen LogP contribution in [0.3, 0.4) is 0 Å². The number of ether oxygens (including phenoxy) is 1. The number of nitrogens with zero attached hydrogens (tertiary/aromatic N) is 4. The molecule has 9 nitrogen and oxygen atoms in total. The van der Waals surface area contributed by atoms with Gasteiger partial charge in [0.2, 0.25) is 5.91 Å². The highest BCUT2D eigenvalue weighted by Gasteiger charge is 2.19. The molecule has 2 aromatic carbocycles. The number of benzene rings is 2. The van der Waals surface area contributed by atoms with Crippen LogP contribution in [0.5, 0.6) is 5.75 Å². The molecule has 0 saturated carbocycles. The zero-order valence-electron chi connectivity index (χ0n) is 16.4. The summed E-state index contributed by atoms with van der Waals surface area (Å²) in [6, 6.07) is 11.3. The third-order valence-electron chi connectivity index (χ3n) is 4.13. The van der Waals surface area contributed by atoms with Gasteiger partial charge in [0.25, 0.3) is 5.69 Å². The highest BCUT2D eigenvalue weighted by molar-refractivity contribution is 9.10. The number of nitrogens with one attached hydrogen (secondary N) is 1. The Morgan fingerprint density at radius 1 is 1.32 bits per heavy atom. The minimum atomic E-state index is -0.556. The zero-order chi connectivity index (χ0) is 22.5. The first kappa shape index (κ1) is 23.0. The number of halogens is 2. The number of carbonyl (C=O) groups excluding carboxylic acids is 1. The summed E-state index contributed by atoms with van der Waals surface area (Å²) in [5, 5.41) is 22.5. The van der Waals surface area contributed by atoms with Crippen molar-refractivity contribution in [3.63, 3.8) is 0 Å². The minimum Gasteiger partial charge on any atom is -0.483 e. The smallest absolute Gasteiger partial charge is 0.271 e. The molecule has 0 saturated heterocycles. The van der Waals surface area contributed by atoms with E-state index in [9.17, 15) is 14.9 Å². The largest absolute Gasteiger partial charge is 0.483 e. The first-order valence-electron chi connectivity index (χ1n) is 8.92. The number of non-ortho nitro benzene ring substituents is 1. The molecule has 0 spiro atoms. The maximum absolute atomic E-state index is 12.3. The third kappa shape index (κ3) is 5.96. The summed E-state index contributed by atoms with van der Waals surface area (Å²) < 4.78 is 8.60. The number of nitro groups is 1. The van der Waals surface area contributed by atoms with Gasteiger partial charge in [0.15, 0.2) is 17.1 Å². The van der Waals surface area contributed by atoms with E-state index in [1.54, 1.807) is 11.6 Å². The first-order valence-corrected chi connectivity index (χ1v) is 11.1. The molecule has 0 aliphatic carbocycles. The fraction of sp³-hybridized carbons (Fsp3) is 0.211. The molecule has 31 heavy (non-hydrogen) atoms. The van der Waals surface area contributed by atoms with Gasteiger partial charge >= 0.3 is 0 Å². The quantitative estimate of drug-likeness (QED) is 0.249. The molecule has 1 amide bonds. The second-order valence-corrected chi connectivity index (χ2v) is 8.64. The predicted octanol–water partition coefficient (Wildman–Crippen LogP) is 5.01. The van der Waals surface area contributed by atoms with Crippen LogP contribution in [-0.2, 0) is 11.8 Å². The molecular weight excluding hydrogens is 510 g/mol. The van der Waals surface area contributed by atoms with Crippen LogP contribution in [0.15, 0.2) is 52.1 Å². The molecule has 1 atom stereocenters. The van der Waals surface area contributed by atoms with E-state index < -0.39 is 4.92 Å². The second-order valence-electron chi connectivity index (χ2n) is 6.37. The van der Waals surface area contributed by atoms with E-state index in [2.05, 4.69) is 31.4 Å². The zero-order valence-corrected chi connectivity index (χ0v) is 19.6. The van der Waals surface area contributed by atoms with Crippen LogP contribution in [0, 0.1) is 10.1 Å². The number of hydrogen-bond donors (Lipinski definition) is 1. The van der Waals surface area contributed by atoms with Gasteiger partial charge in [-0.25, -0.2) is 0 Å². The molecule has 3 aromatic rings. The van der Waals surface area contributed by atoms with Gasteiger partial charge in [-0.3, -0.25) is 14.9 Å². The van der Waals surface area contributed by atoms with Gasteiger partial charge in [0.05, 0.1) is 21.4 Å². The molecule has 1 aromatic heterocycles. The Hall–Kier alpha value is -2.63. The van der Waals surface area contributed by atoms with Gasteiger partial charge in [-0.15, -0.1) is 10.2 Å². The maximum Gasteiger partial charge on any atom is 0.271 e. The summed E-state index contributed by atoms with van der Waals surface area (Å²) in [7, 11) is 1.79. The van der Waals surface area contributed by atoms with Crippen LogP contribution in [-0.4, -0.2) is 31.3 Å². The Labute approximate surface area is 195 Å². The first-order chi connectivity index (χ1) is 14.7. The summed E-state index contributed by atoms with van der Waals surface area (Å²) in [5.74, 6) is 0.942. The van der Waals surface area contributed by atoms with Crippen LogP contribution in [0.2, 0.25) is 5.02 Å². The van der Waals surface area contributed by atoms with Gasteiger partial charge in [0.1, 0.15) is 5.75 Å². The number of rotatable bonds is 8. The Kier molecular flexibility index (Phi) is 7.52. The Morgan fingerprint density at radius 3 is 2.71 bits per heavy atom. The van der Waals surface area contributed by atoms with E-state index in [1.807, 2.05) is 31.2 Å². The molecule has 1 heterocycles. The standard InChI is InChI=1S/C19H17BrClN5O4S/c1-11(30-14-6-3-12(20)4-7-14)18-23-24-19(25(18)2)31-10-17(27)22-16-9-13(26(28)29)5-8-15(16)21/h3-9,11H,10H2,1-2H3,(H,22,27). The fourth-order valence-corrected chi connectivity index (χ4v) is 3.76. The van der Waals surface area contributed by atoms with Gasteiger partial charge in [-0.05, 0) is 37.3 Å². The van der Waals surface area contributed by atoms with E-state index >= 15 is 0 Å². The van der Waals surface area contributed by atoms with Crippen molar-refractivity contribution < 1.29 is 14.5 Å². The molecule has 0 fully saturated rings. The number of hydrogen-bond acceptors (Lipinski definition) is 7. The molecule has 12 heteroatoms. The van der Waals surface area contributed by atoms with Crippen LogP contribution >= 0.6 is 39.3 Å². The van der Waals surface area contributed by atoms with Gasteiger partial charge in [-0.2, -0.15) is 0 Å². The molecule has 3 rings (SSSR count). The van der Waals surface area contributed by atoms with E-state index in [1.165, 1.54) is 30.0 Å².